The minimum absolute atomic E-state index is 0.121. The van der Waals surface area contributed by atoms with Gasteiger partial charge >= 0.3 is 0 Å². The van der Waals surface area contributed by atoms with E-state index in [1.165, 1.54) is 4.31 Å². The molecule has 1 aromatic heterocycles. The molecule has 0 bridgehead atoms. The molecule has 0 saturated carbocycles. The van der Waals surface area contributed by atoms with E-state index in [4.69, 9.17) is 0 Å². The van der Waals surface area contributed by atoms with Crippen molar-refractivity contribution in [1.29, 1.82) is 0 Å². The predicted octanol–water partition coefficient (Wildman–Crippen LogP) is 4.20. The van der Waals surface area contributed by atoms with Crippen LogP contribution in [0.3, 0.4) is 0 Å². The number of thiophene rings is 1. The first-order valence-electron chi connectivity index (χ1n) is 10.1. The minimum atomic E-state index is -3.60. The van der Waals surface area contributed by atoms with Gasteiger partial charge in [0.05, 0.1) is 16.3 Å². The molecule has 0 radical (unpaired) electrons. The van der Waals surface area contributed by atoms with Crippen molar-refractivity contribution < 1.29 is 13.2 Å². The summed E-state index contributed by atoms with van der Waals surface area (Å²) >= 11 is 1.63. The molecule has 0 saturated heterocycles. The number of amides is 1. The molecule has 0 unspecified atom stereocenters. The van der Waals surface area contributed by atoms with Gasteiger partial charge in [0.15, 0.2) is 0 Å². The van der Waals surface area contributed by atoms with Crippen LogP contribution in [0.1, 0.15) is 39.0 Å². The molecule has 0 aliphatic carbocycles. The van der Waals surface area contributed by atoms with Crippen molar-refractivity contribution in [3.8, 4) is 0 Å². The molecule has 1 N–H and O–H groups in total. The van der Waals surface area contributed by atoms with Crippen LogP contribution in [0, 0.1) is 0 Å². The van der Waals surface area contributed by atoms with Gasteiger partial charge in [-0.05, 0) is 49.9 Å². The normalized spacial score (nSPS) is 11.6. The number of hydrogen-bond donors (Lipinski definition) is 1. The summed E-state index contributed by atoms with van der Waals surface area (Å²) in [5.74, 6) is -0.121. The van der Waals surface area contributed by atoms with Gasteiger partial charge in [-0.2, -0.15) is 4.31 Å². The third kappa shape index (κ3) is 5.81. The van der Waals surface area contributed by atoms with E-state index in [1.807, 2.05) is 45.2 Å². The van der Waals surface area contributed by atoms with E-state index in [2.05, 4.69) is 10.2 Å². The summed E-state index contributed by atoms with van der Waals surface area (Å²) < 4.78 is 27.3. The van der Waals surface area contributed by atoms with Crippen LogP contribution in [0.25, 0.3) is 0 Å². The van der Waals surface area contributed by atoms with Crippen LogP contribution in [0.4, 0.5) is 11.4 Å². The van der Waals surface area contributed by atoms with Gasteiger partial charge in [-0.15, -0.1) is 11.3 Å². The Bertz CT molecular complexity index is 888. The van der Waals surface area contributed by atoms with Crippen LogP contribution in [0.2, 0.25) is 0 Å². The highest BCUT2D eigenvalue weighted by atomic mass is 32.2. The Balaban J connectivity index is 2.33. The maximum absolute atomic E-state index is 12.9. The first kappa shape index (κ1) is 23.4. The smallest absolute Gasteiger partial charge is 0.243 e. The molecule has 1 heterocycles. The fourth-order valence-corrected chi connectivity index (χ4v) is 5.43. The Hall–Kier alpha value is -1.90. The third-order valence-corrected chi connectivity index (χ3v) is 7.85. The first-order valence-corrected chi connectivity index (χ1v) is 12.4. The number of nitrogens with zero attached hydrogens (tertiary/aromatic N) is 2. The fraction of sp³-hybridized carbons (Fsp3) is 0.476. The lowest BCUT2D eigenvalue weighted by Gasteiger charge is -2.26. The molecule has 0 atom stereocenters. The summed E-state index contributed by atoms with van der Waals surface area (Å²) in [6, 6.07) is 8.99. The number of hydrogen-bond acceptors (Lipinski definition) is 5. The number of carbonyl (C=O) groups is 1. The van der Waals surface area contributed by atoms with Crippen molar-refractivity contribution >= 4 is 38.6 Å². The Labute approximate surface area is 178 Å². The molecule has 0 fully saturated rings. The SMILES string of the molecule is CCN(CC)c1ccc(S(=O)(=O)N(CC)CC)cc1NC(=O)CCc1cccs1. The van der Waals surface area contributed by atoms with Crippen molar-refractivity contribution in [3.63, 3.8) is 0 Å². The summed E-state index contributed by atoms with van der Waals surface area (Å²) in [7, 11) is -3.60. The number of anilines is 2. The topological polar surface area (TPSA) is 69.7 Å². The third-order valence-electron chi connectivity index (χ3n) is 4.87. The molecule has 0 aliphatic heterocycles. The lowest BCUT2D eigenvalue weighted by molar-refractivity contribution is -0.116. The van der Waals surface area contributed by atoms with Crippen LogP contribution in [-0.2, 0) is 21.2 Å². The van der Waals surface area contributed by atoms with Gasteiger partial charge in [0.2, 0.25) is 15.9 Å². The van der Waals surface area contributed by atoms with E-state index in [-0.39, 0.29) is 10.8 Å². The number of aryl methyl sites for hydroxylation is 1. The number of rotatable bonds is 11. The average molecular weight is 438 g/mol. The quantitative estimate of drug-likeness (QED) is 0.572. The molecule has 29 heavy (non-hydrogen) atoms. The molecule has 6 nitrogen and oxygen atoms in total. The van der Waals surface area contributed by atoms with Gasteiger partial charge in [-0.25, -0.2) is 8.42 Å². The van der Waals surface area contributed by atoms with Gasteiger partial charge in [0.1, 0.15) is 0 Å². The molecular weight excluding hydrogens is 406 g/mol. The van der Waals surface area contributed by atoms with E-state index in [0.29, 0.717) is 31.6 Å². The maximum atomic E-state index is 12.9. The van der Waals surface area contributed by atoms with Gasteiger partial charge < -0.3 is 10.2 Å². The van der Waals surface area contributed by atoms with Crippen LogP contribution < -0.4 is 10.2 Å². The Kier molecular flexibility index (Phi) is 8.67. The van der Waals surface area contributed by atoms with Gasteiger partial charge in [0, 0.05) is 37.5 Å². The van der Waals surface area contributed by atoms with Crippen LogP contribution >= 0.6 is 11.3 Å². The molecule has 0 aliphatic rings. The summed E-state index contributed by atoms with van der Waals surface area (Å²) in [5, 5.41) is 4.94. The van der Waals surface area contributed by atoms with Crippen molar-refractivity contribution in [2.24, 2.45) is 0 Å². The van der Waals surface area contributed by atoms with Crippen LogP contribution in [0.5, 0.6) is 0 Å². The molecule has 160 valence electrons. The first-order chi connectivity index (χ1) is 13.9. The zero-order chi connectivity index (χ0) is 21.4. The van der Waals surface area contributed by atoms with Crippen LogP contribution in [-0.4, -0.2) is 44.8 Å². The fourth-order valence-electron chi connectivity index (χ4n) is 3.23. The van der Waals surface area contributed by atoms with E-state index < -0.39 is 10.0 Å². The minimum Gasteiger partial charge on any atom is -0.370 e. The second kappa shape index (κ2) is 10.8. The van der Waals surface area contributed by atoms with Crippen molar-refractivity contribution in [3.05, 3.63) is 40.6 Å². The number of benzene rings is 1. The largest absolute Gasteiger partial charge is 0.370 e. The van der Waals surface area contributed by atoms with E-state index in [0.717, 1.165) is 23.7 Å². The van der Waals surface area contributed by atoms with Gasteiger partial charge in [0.25, 0.3) is 0 Å². The number of carbonyl (C=O) groups excluding carboxylic acids is 1. The maximum Gasteiger partial charge on any atom is 0.243 e. The molecule has 2 aromatic rings. The predicted molar refractivity (Wildman–Crippen MR) is 121 cm³/mol. The highest BCUT2D eigenvalue weighted by molar-refractivity contribution is 7.89. The lowest BCUT2D eigenvalue weighted by atomic mass is 10.2. The monoisotopic (exact) mass is 437 g/mol. The second-order valence-corrected chi connectivity index (χ2v) is 9.54. The Morgan fingerprint density at radius 3 is 2.28 bits per heavy atom. The highest BCUT2D eigenvalue weighted by Crippen LogP contribution is 2.30. The standard InChI is InChI=1S/C21H31N3O3S2/c1-5-23(6-2)20-13-12-18(29(26,27)24(7-3)8-4)16-19(20)22-21(25)14-11-17-10-9-15-28-17/h9-10,12-13,15-16H,5-8,11,14H2,1-4H3,(H,22,25). The summed E-state index contributed by atoms with van der Waals surface area (Å²) in [4.78, 5) is 16.0. The zero-order valence-electron chi connectivity index (χ0n) is 17.6. The number of sulfonamides is 1. The van der Waals surface area contributed by atoms with Gasteiger partial charge in [-0.1, -0.05) is 19.9 Å². The molecule has 0 spiro atoms. The molecule has 2 rings (SSSR count). The van der Waals surface area contributed by atoms with E-state index in [9.17, 15) is 13.2 Å². The van der Waals surface area contributed by atoms with Crippen molar-refractivity contribution in [2.45, 2.75) is 45.4 Å². The van der Waals surface area contributed by atoms with Crippen molar-refractivity contribution in [1.82, 2.24) is 4.31 Å². The highest BCUT2D eigenvalue weighted by Gasteiger charge is 2.23. The summed E-state index contributed by atoms with van der Waals surface area (Å²) in [5.41, 5.74) is 1.37. The van der Waals surface area contributed by atoms with Crippen LogP contribution in [0.15, 0.2) is 40.6 Å². The molecular formula is C21H31N3O3S2. The zero-order valence-corrected chi connectivity index (χ0v) is 19.3. The lowest BCUT2D eigenvalue weighted by Crippen LogP contribution is -2.31. The average Bonchev–Trinajstić information content (AvgIpc) is 3.22. The molecule has 8 heteroatoms. The van der Waals surface area contributed by atoms with Crippen molar-refractivity contribution in [2.75, 3.05) is 36.4 Å². The summed E-state index contributed by atoms with van der Waals surface area (Å²) in [6.07, 6.45) is 1.02. The second-order valence-electron chi connectivity index (χ2n) is 6.57. The molecule has 1 aromatic carbocycles. The molecule has 1 amide bonds. The Morgan fingerprint density at radius 1 is 1.03 bits per heavy atom. The summed E-state index contributed by atoms with van der Waals surface area (Å²) in [6.45, 7) is 10.0. The van der Waals surface area contributed by atoms with Gasteiger partial charge in [-0.3, -0.25) is 4.79 Å². The van der Waals surface area contributed by atoms with E-state index in [1.54, 1.807) is 29.5 Å². The van der Waals surface area contributed by atoms with E-state index >= 15 is 0 Å². The number of nitrogens with one attached hydrogen (secondary N) is 1. The Morgan fingerprint density at radius 2 is 1.72 bits per heavy atom.